The molecule has 0 aliphatic heterocycles. The third-order valence-corrected chi connectivity index (χ3v) is 2.47. The molecule has 0 unspecified atom stereocenters. The lowest BCUT2D eigenvalue weighted by Crippen LogP contribution is -2.48. The van der Waals surface area contributed by atoms with E-state index in [0.717, 1.165) is 31.3 Å². The molecular weight excluding hydrogens is 292 g/mol. The second kappa shape index (κ2) is 5.22. The molecule has 0 aromatic heterocycles. The number of nitrogens with zero attached hydrogens (tertiary/aromatic N) is 1. The first kappa shape index (κ1) is 16.1. The molecule has 1 aromatic carbocycles. The molecule has 0 spiro atoms. The maximum atomic E-state index is 12.4. The molecule has 9 heteroatoms. The highest BCUT2D eigenvalue weighted by atomic mass is 19.4. The zero-order valence-electron chi connectivity index (χ0n) is 9.96. The second-order valence-corrected chi connectivity index (χ2v) is 3.93. The third-order valence-electron chi connectivity index (χ3n) is 2.47. The van der Waals surface area contributed by atoms with Gasteiger partial charge in [-0.3, -0.25) is 4.79 Å². The van der Waals surface area contributed by atoms with Crippen LogP contribution in [0, 0.1) is 5.92 Å². The normalized spacial score (nSPS) is 12.6. The van der Waals surface area contributed by atoms with Gasteiger partial charge in [-0.2, -0.15) is 26.3 Å². The van der Waals surface area contributed by atoms with Crippen molar-refractivity contribution in [3.63, 3.8) is 0 Å². The smallest absolute Gasteiger partial charge is 0.409 e. The van der Waals surface area contributed by atoms with Crippen LogP contribution in [0.1, 0.15) is 0 Å². The van der Waals surface area contributed by atoms with E-state index in [1.165, 1.54) is 0 Å². The summed E-state index contributed by atoms with van der Waals surface area (Å²) in [4.78, 5) is 11.7. The predicted molar refractivity (Wildman–Crippen MR) is 57.1 cm³/mol. The summed E-state index contributed by atoms with van der Waals surface area (Å²) in [5.74, 6) is -6.47. The Bertz CT molecular complexity index is 465. The SMILES string of the molecule is CN(C(=O)C(C(F)(F)F)C(F)(F)F)c1ccc(O)cc1. The number of carbonyl (C=O) groups excluding carboxylic acids is 1. The van der Waals surface area contributed by atoms with Crippen molar-refractivity contribution in [1.29, 1.82) is 0 Å². The molecule has 0 saturated carbocycles. The number of phenolic OH excluding ortho intramolecular Hbond substituents is 1. The summed E-state index contributed by atoms with van der Waals surface area (Å²) in [6.45, 7) is 0. The average Bonchev–Trinajstić information content (AvgIpc) is 2.25. The summed E-state index contributed by atoms with van der Waals surface area (Å²) in [5, 5.41) is 8.98. The topological polar surface area (TPSA) is 40.5 Å². The maximum Gasteiger partial charge on any atom is 0.409 e. The fourth-order valence-electron chi connectivity index (χ4n) is 1.46. The van der Waals surface area contributed by atoms with Crippen molar-refractivity contribution >= 4 is 11.6 Å². The van der Waals surface area contributed by atoms with Crippen molar-refractivity contribution < 1.29 is 36.2 Å². The number of carbonyl (C=O) groups is 1. The Morgan fingerprint density at radius 2 is 1.45 bits per heavy atom. The van der Waals surface area contributed by atoms with Crippen LogP contribution in [0.4, 0.5) is 32.0 Å². The molecule has 1 rings (SSSR count). The first-order chi connectivity index (χ1) is 8.94. The van der Waals surface area contributed by atoms with Crippen LogP contribution in [0.2, 0.25) is 0 Å². The summed E-state index contributed by atoms with van der Waals surface area (Å²) < 4.78 is 74.4. The fraction of sp³-hybridized carbons (Fsp3) is 0.364. The van der Waals surface area contributed by atoms with Gasteiger partial charge in [0.2, 0.25) is 11.8 Å². The summed E-state index contributed by atoms with van der Waals surface area (Å²) in [6, 6.07) is 4.12. The Morgan fingerprint density at radius 1 is 1.05 bits per heavy atom. The highest BCUT2D eigenvalue weighted by molar-refractivity contribution is 5.95. The van der Waals surface area contributed by atoms with Crippen molar-refractivity contribution in [2.45, 2.75) is 12.4 Å². The Morgan fingerprint density at radius 3 is 1.80 bits per heavy atom. The summed E-state index contributed by atoms with van der Waals surface area (Å²) in [6.07, 6.45) is -11.5. The van der Waals surface area contributed by atoms with E-state index in [0.29, 0.717) is 0 Å². The number of alkyl halides is 6. The van der Waals surface area contributed by atoms with Crippen molar-refractivity contribution in [2.75, 3.05) is 11.9 Å². The van der Waals surface area contributed by atoms with Gasteiger partial charge < -0.3 is 10.0 Å². The molecular formula is C11H9F6NO2. The van der Waals surface area contributed by atoms with E-state index in [1.54, 1.807) is 0 Å². The Balaban J connectivity index is 3.10. The molecule has 3 nitrogen and oxygen atoms in total. The van der Waals surface area contributed by atoms with Gasteiger partial charge in [0.1, 0.15) is 5.75 Å². The van der Waals surface area contributed by atoms with Crippen molar-refractivity contribution in [3.8, 4) is 5.75 Å². The first-order valence-electron chi connectivity index (χ1n) is 5.14. The zero-order chi connectivity index (χ0) is 15.7. The second-order valence-electron chi connectivity index (χ2n) is 3.93. The molecule has 1 amide bonds. The van der Waals surface area contributed by atoms with Crippen LogP contribution in [0.5, 0.6) is 5.75 Å². The van der Waals surface area contributed by atoms with E-state index < -0.39 is 24.2 Å². The van der Waals surface area contributed by atoms with Gasteiger partial charge in [0, 0.05) is 12.7 Å². The van der Waals surface area contributed by atoms with E-state index in [2.05, 4.69) is 0 Å². The molecule has 0 atom stereocenters. The van der Waals surface area contributed by atoms with Crippen molar-refractivity contribution in [3.05, 3.63) is 24.3 Å². The standard InChI is InChI=1S/C11H9F6NO2/c1-18(6-2-4-7(19)5-3-6)9(20)8(10(12,13)14)11(15,16)17/h2-5,8,19H,1H3. The van der Waals surface area contributed by atoms with Crippen LogP contribution in [0.3, 0.4) is 0 Å². The minimum absolute atomic E-state index is 0.202. The van der Waals surface area contributed by atoms with Crippen LogP contribution < -0.4 is 4.90 Å². The van der Waals surface area contributed by atoms with Crippen LogP contribution in [0.25, 0.3) is 0 Å². The molecule has 20 heavy (non-hydrogen) atoms. The van der Waals surface area contributed by atoms with Crippen LogP contribution in [-0.2, 0) is 4.79 Å². The van der Waals surface area contributed by atoms with Crippen molar-refractivity contribution in [1.82, 2.24) is 0 Å². The first-order valence-corrected chi connectivity index (χ1v) is 5.14. The molecule has 0 radical (unpaired) electrons. The van der Waals surface area contributed by atoms with E-state index in [4.69, 9.17) is 5.11 Å². The largest absolute Gasteiger partial charge is 0.508 e. The average molecular weight is 301 g/mol. The van der Waals surface area contributed by atoms with Gasteiger partial charge in [-0.1, -0.05) is 0 Å². The lowest BCUT2D eigenvalue weighted by Gasteiger charge is -2.27. The van der Waals surface area contributed by atoms with Gasteiger partial charge in [0.25, 0.3) is 0 Å². The minimum Gasteiger partial charge on any atom is -0.508 e. The number of phenols is 1. The van der Waals surface area contributed by atoms with Gasteiger partial charge in [0.05, 0.1) is 0 Å². The number of hydrogen-bond donors (Lipinski definition) is 1. The lowest BCUT2D eigenvalue weighted by molar-refractivity contribution is -0.273. The number of anilines is 1. The van der Waals surface area contributed by atoms with Gasteiger partial charge >= 0.3 is 12.4 Å². The molecule has 0 aliphatic rings. The van der Waals surface area contributed by atoms with Gasteiger partial charge in [-0.05, 0) is 24.3 Å². The van der Waals surface area contributed by atoms with Gasteiger partial charge in [-0.15, -0.1) is 0 Å². The molecule has 0 saturated heterocycles. The molecule has 1 N–H and O–H groups in total. The number of hydrogen-bond acceptors (Lipinski definition) is 2. The summed E-state index contributed by atoms with van der Waals surface area (Å²) >= 11 is 0. The monoisotopic (exact) mass is 301 g/mol. The van der Waals surface area contributed by atoms with Crippen LogP contribution >= 0.6 is 0 Å². The Hall–Kier alpha value is -1.93. The number of rotatable bonds is 2. The number of halogens is 6. The molecule has 0 heterocycles. The van der Waals surface area contributed by atoms with Gasteiger partial charge in [0.15, 0.2) is 0 Å². The molecule has 0 fully saturated rings. The predicted octanol–water partition coefficient (Wildman–Crippen LogP) is 3.10. The van der Waals surface area contributed by atoms with E-state index in [1.807, 2.05) is 0 Å². The Labute approximate surface area is 109 Å². The van der Waals surface area contributed by atoms with E-state index in [-0.39, 0.29) is 16.3 Å². The van der Waals surface area contributed by atoms with Gasteiger partial charge in [-0.25, -0.2) is 0 Å². The fourth-order valence-corrected chi connectivity index (χ4v) is 1.46. The number of benzene rings is 1. The number of aromatic hydroxyl groups is 1. The summed E-state index contributed by atoms with van der Waals surface area (Å²) in [5.41, 5.74) is -0.202. The number of amides is 1. The third kappa shape index (κ3) is 3.55. The summed E-state index contributed by atoms with van der Waals surface area (Å²) in [7, 11) is 0.791. The molecule has 0 aliphatic carbocycles. The molecule has 1 aromatic rings. The minimum atomic E-state index is -5.74. The highest BCUT2D eigenvalue weighted by Gasteiger charge is 2.61. The maximum absolute atomic E-state index is 12.4. The highest BCUT2D eigenvalue weighted by Crippen LogP contribution is 2.40. The van der Waals surface area contributed by atoms with Crippen LogP contribution in [0.15, 0.2) is 24.3 Å². The van der Waals surface area contributed by atoms with Crippen molar-refractivity contribution in [2.24, 2.45) is 5.92 Å². The molecule has 0 bridgehead atoms. The zero-order valence-corrected chi connectivity index (χ0v) is 9.96. The van der Waals surface area contributed by atoms with Crippen LogP contribution in [-0.4, -0.2) is 30.4 Å². The lowest BCUT2D eigenvalue weighted by atomic mass is 10.1. The quantitative estimate of drug-likeness (QED) is 0.853. The van der Waals surface area contributed by atoms with E-state index in [9.17, 15) is 31.1 Å². The van der Waals surface area contributed by atoms with E-state index >= 15 is 0 Å². The Kier molecular flexibility index (Phi) is 4.21. The molecule has 112 valence electrons.